The van der Waals surface area contributed by atoms with Crippen molar-refractivity contribution in [3.8, 4) is 0 Å². The molecule has 1 aromatic carbocycles. The van der Waals surface area contributed by atoms with Crippen molar-refractivity contribution in [1.82, 2.24) is 10.6 Å². The Labute approximate surface area is 132 Å². The maximum atomic E-state index is 12.1. The molecule has 0 aromatic heterocycles. The van der Waals surface area contributed by atoms with Crippen LogP contribution in [0.4, 0.5) is 0 Å². The molecule has 5 heteroatoms. The van der Waals surface area contributed by atoms with Crippen molar-refractivity contribution in [1.29, 1.82) is 0 Å². The molecule has 1 heterocycles. The van der Waals surface area contributed by atoms with E-state index in [4.69, 9.17) is 11.6 Å². The summed E-state index contributed by atoms with van der Waals surface area (Å²) in [6.45, 7) is 4.94. The lowest BCUT2D eigenvalue weighted by atomic mass is 9.83. The number of carbonyl (C=O) groups is 1. The second-order valence-electron chi connectivity index (χ2n) is 5.40. The van der Waals surface area contributed by atoms with Crippen molar-refractivity contribution >= 4 is 40.1 Å². The molecule has 0 bridgehead atoms. The van der Waals surface area contributed by atoms with E-state index in [1.807, 2.05) is 12.1 Å². The third-order valence-electron chi connectivity index (χ3n) is 3.54. The smallest absolute Gasteiger partial charge is 0.251 e. The number of benzene rings is 1. The van der Waals surface area contributed by atoms with Crippen LogP contribution < -0.4 is 10.6 Å². The molecule has 0 radical (unpaired) electrons. The molecule has 19 heavy (non-hydrogen) atoms. The van der Waals surface area contributed by atoms with Gasteiger partial charge in [-0.05, 0) is 65.6 Å². The Morgan fingerprint density at radius 3 is 3.00 bits per heavy atom. The van der Waals surface area contributed by atoms with Crippen LogP contribution in [0.3, 0.4) is 0 Å². The van der Waals surface area contributed by atoms with Crippen LogP contribution in [0.2, 0.25) is 5.02 Å². The van der Waals surface area contributed by atoms with Gasteiger partial charge in [-0.1, -0.05) is 18.5 Å². The molecule has 2 rings (SSSR count). The summed E-state index contributed by atoms with van der Waals surface area (Å²) < 4.78 is 0.958. The fourth-order valence-electron chi connectivity index (χ4n) is 2.30. The summed E-state index contributed by atoms with van der Waals surface area (Å²) in [6, 6.07) is 5.40. The van der Waals surface area contributed by atoms with E-state index in [0.29, 0.717) is 17.1 Å². The quantitative estimate of drug-likeness (QED) is 0.776. The van der Waals surface area contributed by atoms with Crippen LogP contribution in [-0.4, -0.2) is 25.5 Å². The number of carbonyl (C=O) groups excluding carboxylic acids is 1. The lowest BCUT2D eigenvalue weighted by Crippen LogP contribution is -2.45. The number of piperidine rings is 1. The van der Waals surface area contributed by atoms with Crippen LogP contribution in [-0.2, 0) is 0 Å². The van der Waals surface area contributed by atoms with Crippen molar-refractivity contribution in [3.63, 3.8) is 0 Å². The summed E-state index contributed by atoms with van der Waals surface area (Å²) in [5.41, 5.74) is 0.777. The second kappa shape index (κ2) is 6.41. The summed E-state index contributed by atoms with van der Waals surface area (Å²) in [5, 5.41) is 7.02. The van der Waals surface area contributed by atoms with Crippen LogP contribution in [0.15, 0.2) is 18.2 Å². The molecule has 1 aliphatic heterocycles. The van der Waals surface area contributed by atoms with E-state index < -0.39 is 0 Å². The molecule has 104 valence electrons. The molecule has 1 unspecified atom stereocenters. The van der Waals surface area contributed by atoms with Gasteiger partial charge in [-0.3, -0.25) is 4.79 Å². The largest absolute Gasteiger partial charge is 0.351 e. The van der Waals surface area contributed by atoms with Gasteiger partial charge in [0.25, 0.3) is 5.91 Å². The molecule has 0 spiro atoms. The maximum absolute atomic E-state index is 12.1. The minimum absolute atomic E-state index is 0.0508. The molecule has 1 saturated heterocycles. The normalized spacial score (nSPS) is 23.1. The Kier molecular flexibility index (Phi) is 5.09. The van der Waals surface area contributed by atoms with Gasteiger partial charge in [0.05, 0.1) is 5.02 Å². The van der Waals surface area contributed by atoms with Crippen molar-refractivity contribution in [3.05, 3.63) is 32.4 Å². The van der Waals surface area contributed by atoms with E-state index >= 15 is 0 Å². The van der Waals surface area contributed by atoms with E-state index in [9.17, 15) is 4.79 Å². The first-order chi connectivity index (χ1) is 9.00. The van der Waals surface area contributed by atoms with Gasteiger partial charge in [0.1, 0.15) is 0 Å². The lowest BCUT2D eigenvalue weighted by Gasteiger charge is -2.34. The van der Waals surface area contributed by atoms with E-state index in [2.05, 4.69) is 40.1 Å². The average Bonchev–Trinajstić information content (AvgIpc) is 2.40. The number of halogens is 2. The van der Waals surface area contributed by atoms with Crippen LogP contribution in [0.5, 0.6) is 0 Å². The zero-order valence-electron chi connectivity index (χ0n) is 10.9. The summed E-state index contributed by atoms with van der Waals surface area (Å²) >= 11 is 8.19. The molecule has 1 aliphatic rings. The summed E-state index contributed by atoms with van der Waals surface area (Å²) in [5.74, 6) is -0.0508. The second-order valence-corrected chi connectivity index (χ2v) is 6.97. The standard InChI is InChI=1S/C14H18ClIN2O/c1-14(5-2-6-17-8-14)9-18-13(19)10-3-4-12(16)11(15)7-10/h3-4,7,17H,2,5-6,8-9H2,1H3,(H,18,19). The maximum Gasteiger partial charge on any atom is 0.251 e. The Balaban J connectivity index is 1.95. The first-order valence-corrected chi connectivity index (χ1v) is 7.90. The van der Waals surface area contributed by atoms with E-state index in [0.717, 1.165) is 23.1 Å². The Morgan fingerprint density at radius 2 is 2.37 bits per heavy atom. The molecule has 1 aromatic rings. The van der Waals surface area contributed by atoms with Crippen LogP contribution in [0.1, 0.15) is 30.1 Å². The van der Waals surface area contributed by atoms with Gasteiger partial charge in [0.2, 0.25) is 0 Å². The molecular weight excluding hydrogens is 375 g/mol. The summed E-state index contributed by atoms with van der Waals surface area (Å²) in [7, 11) is 0. The van der Waals surface area contributed by atoms with Gasteiger partial charge in [0.15, 0.2) is 0 Å². The molecule has 2 N–H and O–H groups in total. The number of hydrogen-bond acceptors (Lipinski definition) is 2. The average molecular weight is 393 g/mol. The first kappa shape index (κ1) is 15.1. The highest BCUT2D eigenvalue weighted by molar-refractivity contribution is 14.1. The monoisotopic (exact) mass is 392 g/mol. The first-order valence-electron chi connectivity index (χ1n) is 6.44. The van der Waals surface area contributed by atoms with Crippen molar-refractivity contribution < 1.29 is 4.79 Å². The lowest BCUT2D eigenvalue weighted by molar-refractivity contribution is 0.0924. The molecule has 0 aliphatic carbocycles. The van der Waals surface area contributed by atoms with Crippen LogP contribution in [0.25, 0.3) is 0 Å². The zero-order chi connectivity index (χ0) is 13.9. The Bertz CT molecular complexity index is 473. The predicted molar refractivity (Wildman–Crippen MR) is 86.7 cm³/mol. The molecule has 1 atom stereocenters. The van der Waals surface area contributed by atoms with Gasteiger partial charge in [0, 0.05) is 22.2 Å². The number of rotatable bonds is 3. The molecule has 1 amide bonds. The summed E-state index contributed by atoms with van der Waals surface area (Å²) in [4.78, 5) is 12.1. The van der Waals surface area contributed by atoms with E-state index in [1.165, 1.54) is 6.42 Å². The molecule has 1 fully saturated rings. The molecule has 0 saturated carbocycles. The third kappa shape index (κ3) is 4.07. The van der Waals surface area contributed by atoms with Crippen LogP contribution >= 0.6 is 34.2 Å². The summed E-state index contributed by atoms with van der Waals surface area (Å²) in [6.07, 6.45) is 2.31. The van der Waals surface area contributed by atoms with Crippen molar-refractivity contribution in [2.24, 2.45) is 5.41 Å². The minimum Gasteiger partial charge on any atom is -0.351 e. The number of hydrogen-bond donors (Lipinski definition) is 2. The third-order valence-corrected chi connectivity index (χ3v) is 5.12. The number of nitrogens with one attached hydrogen (secondary N) is 2. The van der Waals surface area contributed by atoms with Crippen LogP contribution in [0, 0.1) is 8.99 Å². The molecule has 3 nitrogen and oxygen atoms in total. The topological polar surface area (TPSA) is 41.1 Å². The van der Waals surface area contributed by atoms with Crippen molar-refractivity contribution in [2.75, 3.05) is 19.6 Å². The van der Waals surface area contributed by atoms with E-state index in [1.54, 1.807) is 6.07 Å². The SMILES string of the molecule is CC1(CNC(=O)c2ccc(I)c(Cl)c2)CCCNC1. The van der Waals surface area contributed by atoms with Gasteiger partial charge in [-0.15, -0.1) is 0 Å². The highest BCUT2D eigenvalue weighted by Gasteiger charge is 2.27. The van der Waals surface area contributed by atoms with Gasteiger partial charge in [-0.2, -0.15) is 0 Å². The Morgan fingerprint density at radius 1 is 1.58 bits per heavy atom. The van der Waals surface area contributed by atoms with Gasteiger partial charge in [-0.25, -0.2) is 0 Å². The zero-order valence-corrected chi connectivity index (χ0v) is 13.8. The predicted octanol–water partition coefficient (Wildman–Crippen LogP) is 3.06. The fourth-order valence-corrected chi connectivity index (χ4v) is 2.82. The minimum atomic E-state index is -0.0508. The fraction of sp³-hybridized carbons (Fsp3) is 0.500. The molecular formula is C14H18ClIN2O. The highest BCUT2D eigenvalue weighted by atomic mass is 127. The van der Waals surface area contributed by atoms with Crippen molar-refractivity contribution in [2.45, 2.75) is 19.8 Å². The Hall–Kier alpha value is -0.330. The van der Waals surface area contributed by atoms with Gasteiger partial charge >= 0.3 is 0 Å². The van der Waals surface area contributed by atoms with E-state index in [-0.39, 0.29) is 11.3 Å². The highest BCUT2D eigenvalue weighted by Crippen LogP contribution is 2.24. The van der Waals surface area contributed by atoms with Gasteiger partial charge < -0.3 is 10.6 Å². The number of amides is 1.